The lowest BCUT2D eigenvalue weighted by Crippen LogP contribution is -2.03. The van der Waals surface area contributed by atoms with Gasteiger partial charge in [0.1, 0.15) is 4.88 Å². The fraction of sp³-hybridized carbons (Fsp3) is 0.222. The van der Waals surface area contributed by atoms with Gasteiger partial charge in [0.2, 0.25) is 0 Å². The second-order valence-electron chi connectivity index (χ2n) is 2.92. The minimum Gasteiger partial charge on any atom is -0.451 e. The largest absolute Gasteiger partial charge is 0.451 e. The Bertz CT molecular complexity index is 508. The van der Waals surface area contributed by atoms with Crippen molar-refractivity contribution in [1.29, 1.82) is 0 Å². The van der Waals surface area contributed by atoms with Gasteiger partial charge in [-0.25, -0.2) is 4.79 Å². The molecule has 2 aromatic rings. The molecule has 0 amide bonds. The van der Waals surface area contributed by atoms with E-state index in [0.29, 0.717) is 16.6 Å². The summed E-state index contributed by atoms with van der Waals surface area (Å²) < 4.78 is 10.7. The minimum absolute atomic E-state index is 0.00477. The van der Waals surface area contributed by atoms with Crippen LogP contribution in [0.25, 0.3) is 0 Å². The molecule has 0 aliphatic carbocycles. The number of aromatic nitrogens is 2. The van der Waals surface area contributed by atoms with Crippen LogP contribution in [-0.2, 0) is 11.3 Å². The predicted octanol–water partition coefficient (Wildman–Crippen LogP) is 2.56. The van der Waals surface area contributed by atoms with E-state index in [0.717, 1.165) is 3.79 Å². The molecule has 84 valence electrons. The van der Waals surface area contributed by atoms with Gasteiger partial charge in [0, 0.05) is 0 Å². The second-order valence-corrected chi connectivity index (χ2v) is 5.38. The van der Waals surface area contributed by atoms with E-state index in [1.165, 1.54) is 11.3 Å². The summed E-state index contributed by atoms with van der Waals surface area (Å²) in [6.07, 6.45) is 0. The Morgan fingerprint density at radius 2 is 2.44 bits per heavy atom. The number of carbonyl (C=O) groups is 1. The van der Waals surface area contributed by atoms with Crippen molar-refractivity contribution in [1.82, 2.24) is 10.1 Å². The number of hydrogen-bond donors (Lipinski definition) is 0. The summed E-state index contributed by atoms with van der Waals surface area (Å²) in [5, 5.41) is 3.59. The SMILES string of the molecule is Cc1noc(COC(=O)c2ccc(Br)s2)n1. The zero-order valence-electron chi connectivity index (χ0n) is 8.27. The number of ether oxygens (including phenoxy) is 1. The van der Waals surface area contributed by atoms with Gasteiger partial charge < -0.3 is 9.26 Å². The number of rotatable bonds is 3. The van der Waals surface area contributed by atoms with Crippen LogP contribution in [-0.4, -0.2) is 16.1 Å². The van der Waals surface area contributed by atoms with Gasteiger partial charge in [-0.15, -0.1) is 11.3 Å². The number of aryl methyl sites for hydroxylation is 1. The summed E-state index contributed by atoms with van der Waals surface area (Å²) in [4.78, 5) is 16.0. The van der Waals surface area contributed by atoms with Crippen LogP contribution in [0.4, 0.5) is 0 Å². The van der Waals surface area contributed by atoms with Crippen LogP contribution in [0.3, 0.4) is 0 Å². The topological polar surface area (TPSA) is 65.2 Å². The number of nitrogens with zero attached hydrogens (tertiary/aromatic N) is 2. The standard InChI is InChI=1S/C9H7BrN2O3S/c1-5-11-8(15-12-5)4-14-9(13)6-2-3-7(10)16-6/h2-3H,4H2,1H3. The van der Waals surface area contributed by atoms with Crippen LogP contribution in [0.5, 0.6) is 0 Å². The Morgan fingerprint density at radius 3 is 3.00 bits per heavy atom. The van der Waals surface area contributed by atoms with Crippen molar-refractivity contribution in [3.05, 3.63) is 32.5 Å². The molecule has 0 saturated heterocycles. The van der Waals surface area contributed by atoms with E-state index in [1.54, 1.807) is 19.1 Å². The quantitative estimate of drug-likeness (QED) is 0.815. The summed E-state index contributed by atoms with van der Waals surface area (Å²) in [5.74, 6) is 0.415. The third-order valence-corrected chi connectivity index (χ3v) is 3.27. The average molecular weight is 303 g/mol. The first-order chi connectivity index (χ1) is 7.65. The zero-order chi connectivity index (χ0) is 11.5. The van der Waals surface area contributed by atoms with Gasteiger partial charge in [0.15, 0.2) is 12.4 Å². The van der Waals surface area contributed by atoms with Gasteiger partial charge in [-0.05, 0) is 35.0 Å². The van der Waals surface area contributed by atoms with E-state index in [4.69, 9.17) is 9.26 Å². The maximum absolute atomic E-state index is 11.5. The number of carbonyl (C=O) groups excluding carboxylic acids is 1. The molecule has 7 heteroatoms. The first-order valence-electron chi connectivity index (χ1n) is 4.37. The lowest BCUT2D eigenvalue weighted by atomic mass is 10.5. The van der Waals surface area contributed by atoms with E-state index < -0.39 is 5.97 Å². The average Bonchev–Trinajstić information content (AvgIpc) is 2.84. The fourth-order valence-corrected chi connectivity index (χ4v) is 2.30. The summed E-state index contributed by atoms with van der Waals surface area (Å²) >= 11 is 4.58. The van der Waals surface area contributed by atoms with Crippen molar-refractivity contribution in [2.45, 2.75) is 13.5 Å². The fourth-order valence-electron chi connectivity index (χ4n) is 1.02. The number of hydrogen-bond acceptors (Lipinski definition) is 6. The van der Waals surface area contributed by atoms with Gasteiger partial charge in [-0.3, -0.25) is 0 Å². The molecule has 0 fully saturated rings. The smallest absolute Gasteiger partial charge is 0.348 e. The Labute approximate surface area is 104 Å². The molecule has 0 N–H and O–H groups in total. The highest BCUT2D eigenvalue weighted by Gasteiger charge is 2.12. The number of esters is 1. The van der Waals surface area contributed by atoms with Gasteiger partial charge in [-0.1, -0.05) is 5.16 Å². The van der Waals surface area contributed by atoms with Crippen molar-refractivity contribution in [2.75, 3.05) is 0 Å². The summed E-state index contributed by atoms with van der Waals surface area (Å²) in [5.41, 5.74) is 0. The van der Waals surface area contributed by atoms with Crippen LogP contribution in [0.15, 0.2) is 20.4 Å². The maximum atomic E-state index is 11.5. The maximum Gasteiger partial charge on any atom is 0.348 e. The molecule has 2 aromatic heterocycles. The highest BCUT2D eigenvalue weighted by Crippen LogP contribution is 2.22. The minimum atomic E-state index is -0.397. The third kappa shape index (κ3) is 2.67. The molecule has 0 spiro atoms. The van der Waals surface area contributed by atoms with Crippen molar-refractivity contribution in [3.8, 4) is 0 Å². The molecule has 2 rings (SSSR count). The van der Waals surface area contributed by atoms with Gasteiger partial charge in [0.25, 0.3) is 5.89 Å². The van der Waals surface area contributed by atoms with E-state index in [2.05, 4.69) is 26.1 Å². The lowest BCUT2D eigenvalue weighted by Gasteiger charge is -1.97. The summed E-state index contributed by atoms with van der Waals surface area (Å²) in [6.45, 7) is 1.69. The van der Waals surface area contributed by atoms with Gasteiger partial charge >= 0.3 is 5.97 Å². The van der Waals surface area contributed by atoms with E-state index in [-0.39, 0.29) is 6.61 Å². The molecule has 0 radical (unpaired) electrons. The van der Waals surface area contributed by atoms with Crippen LogP contribution in [0.2, 0.25) is 0 Å². The highest BCUT2D eigenvalue weighted by molar-refractivity contribution is 9.11. The van der Waals surface area contributed by atoms with Crippen molar-refractivity contribution in [3.63, 3.8) is 0 Å². The number of halogens is 1. The van der Waals surface area contributed by atoms with Crippen molar-refractivity contribution in [2.24, 2.45) is 0 Å². The molecular formula is C9H7BrN2O3S. The molecule has 0 unspecified atom stereocenters. The predicted molar refractivity (Wildman–Crippen MR) is 60.2 cm³/mol. The Kier molecular flexibility index (Phi) is 3.35. The van der Waals surface area contributed by atoms with Crippen LogP contribution in [0.1, 0.15) is 21.4 Å². The van der Waals surface area contributed by atoms with Crippen molar-refractivity contribution < 1.29 is 14.1 Å². The Balaban J connectivity index is 1.93. The van der Waals surface area contributed by atoms with Gasteiger partial charge in [0.05, 0.1) is 3.79 Å². The van der Waals surface area contributed by atoms with Crippen LogP contribution < -0.4 is 0 Å². The molecule has 0 aliphatic heterocycles. The van der Waals surface area contributed by atoms with E-state index >= 15 is 0 Å². The van der Waals surface area contributed by atoms with Crippen LogP contribution in [0, 0.1) is 6.92 Å². The monoisotopic (exact) mass is 302 g/mol. The molecule has 0 bridgehead atoms. The normalized spacial score (nSPS) is 10.4. The summed E-state index contributed by atoms with van der Waals surface area (Å²) in [7, 11) is 0. The Morgan fingerprint density at radius 1 is 1.62 bits per heavy atom. The second kappa shape index (κ2) is 4.75. The molecule has 5 nitrogen and oxygen atoms in total. The molecular weight excluding hydrogens is 296 g/mol. The zero-order valence-corrected chi connectivity index (χ0v) is 10.7. The molecule has 0 atom stereocenters. The molecule has 0 aromatic carbocycles. The molecule has 0 aliphatic rings. The highest BCUT2D eigenvalue weighted by atomic mass is 79.9. The lowest BCUT2D eigenvalue weighted by molar-refractivity contribution is 0.0435. The molecule has 16 heavy (non-hydrogen) atoms. The molecule has 0 saturated carbocycles. The van der Waals surface area contributed by atoms with E-state index in [9.17, 15) is 4.79 Å². The first-order valence-corrected chi connectivity index (χ1v) is 5.98. The van der Waals surface area contributed by atoms with Crippen LogP contribution >= 0.6 is 27.3 Å². The number of thiophene rings is 1. The first kappa shape index (κ1) is 11.3. The molecule has 2 heterocycles. The van der Waals surface area contributed by atoms with Crippen molar-refractivity contribution >= 4 is 33.2 Å². The Hall–Kier alpha value is -1.21. The van der Waals surface area contributed by atoms with E-state index in [1.807, 2.05) is 0 Å². The summed E-state index contributed by atoms with van der Waals surface area (Å²) in [6, 6.07) is 3.48. The van der Waals surface area contributed by atoms with Gasteiger partial charge in [-0.2, -0.15) is 4.98 Å². The third-order valence-electron chi connectivity index (χ3n) is 1.67.